The van der Waals surface area contributed by atoms with E-state index in [1.165, 1.54) is 0 Å². The fourth-order valence-corrected chi connectivity index (χ4v) is 2.56. The number of carboxylic acids is 1. The van der Waals surface area contributed by atoms with E-state index in [-0.39, 0.29) is 17.7 Å². The Morgan fingerprint density at radius 3 is 2.38 bits per heavy atom. The van der Waals surface area contributed by atoms with E-state index in [4.69, 9.17) is 27.0 Å². The molecule has 1 aliphatic rings. The SMILES string of the molecule is N[C@@]1(C(=O)O)CCC1N(CC[S-])CC[N-]C(=O)C[S-].[O]=[Tc+4]. The molecule has 1 saturated carbocycles. The molecule has 0 aromatic heterocycles. The molecule has 21 heavy (non-hydrogen) atoms. The van der Waals surface area contributed by atoms with E-state index in [9.17, 15) is 9.59 Å². The Morgan fingerprint density at radius 1 is 1.38 bits per heavy atom. The van der Waals surface area contributed by atoms with Crippen LogP contribution in [0, 0.1) is 0 Å². The van der Waals surface area contributed by atoms with Crippen molar-refractivity contribution >= 4 is 37.1 Å². The predicted molar refractivity (Wildman–Crippen MR) is 77.5 cm³/mol. The summed E-state index contributed by atoms with van der Waals surface area (Å²) in [5.74, 6) is -0.849. The maximum atomic E-state index is 11.2. The second-order valence-corrected chi connectivity index (χ2v) is 5.26. The Morgan fingerprint density at radius 2 is 2.00 bits per heavy atom. The molecule has 0 radical (unpaired) electrons. The number of nitrogens with zero attached hydrogens (tertiary/aromatic N) is 2. The number of carboxylic acid groups (broad SMARTS) is 1. The van der Waals surface area contributed by atoms with Gasteiger partial charge in [-0.2, -0.15) is 5.75 Å². The Balaban J connectivity index is 0.00000191. The van der Waals surface area contributed by atoms with Crippen LogP contribution in [0.2, 0.25) is 0 Å². The molecule has 119 valence electrons. The Hall–Kier alpha value is 0.00935. The molecule has 1 unspecified atom stereocenters. The molecule has 3 N–H and O–H groups in total. The Labute approximate surface area is 145 Å². The molecular formula is C11H18N3O4S2Tc+. The van der Waals surface area contributed by atoms with Crippen molar-refractivity contribution in [1.29, 1.82) is 0 Å². The average Bonchev–Trinajstić information content (AvgIpc) is 2.47. The number of carbonyl (C=O) groups is 2. The summed E-state index contributed by atoms with van der Waals surface area (Å²) >= 11 is 10.4. The first kappa shape index (κ1) is 21.0. The molecule has 2 atom stereocenters. The third kappa shape index (κ3) is 5.96. The van der Waals surface area contributed by atoms with Crippen LogP contribution >= 0.6 is 0 Å². The van der Waals surface area contributed by atoms with Gasteiger partial charge >= 0.3 is 28.3 Å². The molecule has 10 heteroatoms. The van der Waals surface area contributed by atoms with Crippen LogP contribution in [0.4, 0.5) is 0 Å². The van der Waals surface area contributed by atoms with E-state index < -0.39 is 11.5 Å². The zero-order valence-corrected chi connectivity index (χ0v) is 14.9. The zero-order chi connectivity index (χ0) is 16.5. The molecule has 0 aliphatic heterocycles. The molecule has 1 fully saturated rings. The van der Waals surface area contributed by atoms with Crippen LogP contribution in [-0.2, 0) is 57.2 Å². The van der Waals surface area contributed by atoms with Crippen LogP contribution < -0.4 is 5.73 Å². The molecule has 0 spiro atoms. The van der Waals surface area contributed by atoms with Crippen molar-refractivity contribution in [3.8, 4) is 0 Å². The molecule has 0 bridgehead atoms. The van der Waals surface area contributed by atoms with Gasteiger partial charge in [-0.05, 0) is 25.9 Å². The van der Waals surface area contributed by atoms with Crippen LogP contribution in [0.25, 0.3) is 5.32 Å². The first-order valence-corrected chi connectivity index (χ1v) is 8.15. The van der Waals surface area contributed by atoms with Gasteiger partial charge in [-0.25, -0.2) is 0 Å². The third-order valence-corrected chi connectivity index (χ3v) is 3.87. The summed E-state index contributed by atoms with van der Waals surface area (Å²) in [7, 11) is 0. The third-order valence-electron chi connectivity index (χ3n) is 3.44. The second kappa shape index (κ2) is 10.7. The minimum absolute atomic E-state index is 0.0274. The summed E-state index contributed by atoms with van der Waals surface area (Å²) in [6, 6.07) is -0.234. The van der Waals surface area contributed by atoms with Gasteiger partial charge in [-0.1, -0.05) is 0 Å². The van der Waals surface area contributed by atoms with Crippen LogP contribution in [0.15, 0.2) is 0 Å². The van der Waals surface area contributed by atoms with Crippen molar-refractivity contribution in [2.75, 3.05) is 31.1 Å². The van der Waals surface area contributed by atoms with Gasteiger partial charge in [-0.15, -0.1) is 12.3 Å². The Bertz CT molecular complexity index is 364. The van der Waals surface area contributed by atoms with E-state index in [2.05, 4.69) is 17.9 Å². The average molecular weight is 418 g/mol. The van der Waals surface area contributed by atoms with Gasteiger partial charge in [0.2, 0.25) is 0 Å². The van der Waals surface area contributed by atoms with Crippen molar-refractivity contribution < 1.29 is 37.1 Å². The number of carbonyl (C=O) groups excluding carboxylic acids is 1. The molecule has 1 aliphatic carbocycles. The van der Waals surface area contributed by atoms with Gasteiger partial charge in [0, 0.05) is 11.9 Å². The van der Waals surface area contributed by atoms with Gasteiger partial charge in [-0.3, -0.25) is 4.79 Å². The van der Waals surface area contributed by atoms with Crippen LogP contribution in [0.5, 0.6) is 0 Å². The maximum absolute atomic E-state index is 11.2. The molecule has 7 nitrogen and oxygen atoms in total. The van der Waals surface area contributed by atoms with Crippen LogP contribution in [0.1, 0.15) is 12.8 Å². The number of hydrogen-bond acceptors (Lipinski definition) is 7. The van der Waals surface area contributed by atoms with Gasteiger partial charge in [0.1, 0.15) is 5.54 Å². The quantitative estimate of drug-likeness (QED) is 0.488. The monoisotopic (exact) mass is 417 g/mol. The van der Waals surface area contributed by atoms with E-state index >= 15 is 0 Å². The molecule has 0 aromatic rings. The van der Waals surface area contributed by atoms with Gasteiger partial charge < -0.3 is 51.1 Å². The molecule has 1 amide bonds. The van der Waals surface area contributed by atoms with E-state index in [0.717, 1.165) is 25.3 Å². The van der Waals surface area contributed by atoms with Crippen molar-refractivity contribution in [2.24, 2.45) is 5.73 Å². The van der Waals surface area contributed by atoms with Crippen molar-refractivity contribution in [2.45, 2.75) is 24.4 Å². The first-order valence-electron chi connectivity index (χ1n) is 6.24. The number of hydrogen-bond donors (Lipinski definition) is 2. The Kier molecular flexibility index (Phi) is 10.7. The number of nitrogens with two attached hydrogens (primary N) is 1. The van der Waals surface area contributed by atoms with E-state index in [0.29, 0.717) is 31.8 Å². The van der Waals surface area contributed by atoms with E-state index in [1.807, 2.05) is 4.90 Å². The zero-order valence-electron chi connectivity index (χ0n) is 11.4. The summed E-state index contributed by atoms with van der Waals surface area (Å²) in [6.45, 7) is 1.36. The van der Waals surface area contributed by atoms with Gasteiger partial charge in [0.05, 0.1) is 0 Å². The topological polar surface area (TPSA) is 115 Å². The molecular weight excluding hydrogens is 400 g/mol. The van der Waals surface area contributed by atoms with Crippen LogP contribution in [0.3, 0.4) is 0 Å². The molecule has 0 aromatic carbocycles. The summed E-state index contributed by atoms with van der Waals surface area (Å²) in [4.78, 5) is 24.1. The summed E-state index contributed by atoms with van der Waals surface area (Å²) in [5, 5.41) is 13.0. The van der Waals surface area contributed by atoms with Gasteiger partial charge in [0.15, 0.2) is 0 Å². The predicted octanol–water partition coefficient (Wildman–Crippen LogP) is -0.894. The molecule has 1 rings (SSSR count). The van der Waals surface area contributed by atoms with Crippen molar-refractivity contribution in [3.63, 3.8) is 0 Å². The molecule has 0 saturated heterocycles. The van der Waals surface area contributed by atoms with E-state index in [1.54, 1.807) is 0 Å². The first-order chi connectivity index (χ1) is 9.95. The van der Waals surface area contributed by atoms with Crippen molar-refractivity contribution in [1.82, 2.24) is 4.90 Å². The summed E-state index contributed by atoms with van der Waals surface area (Å²) in [5.41, 5.74) is 4.69. The number of rotatable bonds is 8. The second-order valence-electron chi connectivity index (χ2n) is 4.56. The normalized spacial score (nSPS) is 23.8. The standard InChI is InChI=1S/C11H21N3O3S2.O.Tc/c12-11(10(16)17)2-1-8(11)14(5-6-18)4-3-13-9(15)7-19;;/h8H,1-7,12H2,(H4,13,15,16,17,18,19);;/q;;+4/p-3/t8?,11-;;/m0../s1. The minimum atomic E-state index is -1.20. The summed E-state index contributed by atoms with van der Waals surface area (Å²) in [6.07, 6.45) is 1.19. The van der Waals surface area contributed by atoms with Crippen molar-refractivity contribution in [3.05, 3.63) is 5.32 Å². The fourth-order valence-electron chi connectivity index (χ4n) is 2.23. The number of aliphatic carboxylic acids is 1. The number of amides is 1. The van der Waals surface area contributed by atoms with Gasteiger partial charge in [0.25, 0.3) is 0 Å². The molecule has 0 heterocycles. The fraction of sp³-hybridized carbons (Fsp3) is 0.818. The van der Waals surface area contributed by atoms with Crippen LogP contribution in [-0.4, -0.2) is 64.6 Å². The summed E-state index contributed by atoms with van der Waals surface area (Å²) < 4.78 is 8.22.